The standard InChI is InChI=1S/C19H28N2O4/c1-19(2,3)25-17(22)20-21(16-12-8-5-9-13-16)18(23)24-14-15-10-6-4-7-11-15/h4,6-7,10-11,16H,5,8-9,12-14H2,1-3H3,(H,20,22). The lowest BCUT2D eigenvalue weighted by Gasteiger charge is -2.33. The van der Waals surface area contributed by atoms with Gasteiger partial charge in [-0.1, -0.05) is 49.6 Å². The van der Waals surface area contributed by atoms with Crippen molar-refractivity contribution in [2.75, 3.05) is 0 Å². The van der Waals surface area contributed by atoms with Crippen molar-refractivity contribution < 1.29 is 19.1 Å². The average molecular weight is 348 g/mol. The number of hydrogen-bond donors (Lipinski definition) is 1. The van der Waals surface area contributed by atoms with E-state index in [1.807, 2.05) is 30.3 Å². The smallest absolute Gasteiger partial charge is 0.429 e. The first-order valence-corrected chi connectivity index (χ1v) is 8.85. The van der Waals surface area contributed by atoms with Gasteiger partial charge in [-0.05, 0) is 39.2 Å². The molecule has 1 N–H and O–H groups in total. The number of nitrogens with zero attached hydrogens (tertiary/aromatic N) is 1. The molecule has 0 atom stereocenters. The summed E-state index contributed by atoms with van der Waals surface area (Å²) in [5.74, 6) is 0. The van der Waals surface area contributed by atoms with Gasteiger partial charge >= 0.3 is 12.2 Å². The number of carbonyl (C=O) groups is 2. The molecule has 2 rings (SSSR count). The Kier molecular flexibility index (Phi) is 6.67. The Hall–Kier alpha value is -2.24. The van der Waals surface area contributed by atoms with Crippen molar-refractivity contribution in [3.63, 3.8) is 0 Å². The quantitative estimate of drug-likeness (QED) is 0.822. The fraction of sp³-hybridized carbons (Fsp3) is 0.579. The summed E-state index contributed by atoms with van der Waals surface area (Å²) in [5.41, 5.74) is 2.85. The first-order valence-electron chi connectivity index (χ1n) is 8.85. The van der Waals surface area contributed by atoms with Gasteiger partial charge in [0.05, 0.1) is 6.04 Å². The van der Waals surface area contributed by atoms with Gasteiger partial charge in [0.15, 0.2) is 0 Å². The van der Waals surface area contributed by atoms with Crippen molar-refractivity contribution in [1.82, 2.24) is 10.4 Å². The van der Waals surface area contributed by atoms with E-state index in [4.69, 9.17) is 9.47 Å². The number of rotatable bonds is 3. The zero-order valence-electron chi connectivity index (χ0n) is 15.3. The molecule has 6 heteroatoms. The zero-order valence-corrected chi connectivity index (χ0v) is 15.3. The van der Waals surface area contributed by atoms with Gasteiger partial charge in [0.1, 0.15) is 12.2 Å². The number of hydrogen-bond acceptors (Lipinski definition) is 4. The van der Waals surface area contributed by atoms with E-state index >= 15 is 0 Å². The van der Waals surface area contributed by atoms with Crippen LogP contribution in [-0.4, -0.2) is 28.8 Å². The highest BCUT2D eigenvalue weighted by atomic mass is 16.6. The molecule has 138 valence electrons. The van der Waals surface area contributed by atoms with Crippen LogP contribution in [0.5, 0.6) is 0 Å². The summed E-state index contributed by atoms with van der Waals surface area (Å²) in [7, 11) is 0. The van der Waals surface area contributed by atoms with Crippen molar-refractivity contribution in [3.8, 4) is 0 Å². The Morgan fingerprint density at radius 1 is 1.12 bits per heavy atom. The molecule has 6 nitrogen and oxygen atoms in total. The van der Waals surface area contributed by atoms with Gasteiger partial charge in [-0.25, -0.2) is 20.0 Å². The van der Waals surface area contributed by atoms with Gasteiger partial charge in [0.2, 0.25) is 0 Å². The van der Waals surface area contributed by atoms with E-state index < -0.39 is 17.8 Å². The molecule has 0 saturated heterocycles. The molecule has 1 fully saturated rings. The van der Waals surface area contributed by atoms with Crippen LogP contribution in [0, 0.1) is 0 Å². The van der Waals surface area contributed by atoms with Crippen molar-refractivity contribution in [3.05, 3.63) is 35.9 Å². The molecule has 1 aliphatic carbocycles. The van der Waals surface area contributed by atoms with E-state index in [0.717, 1.165) is 37.7 Å². The van der Waals surface area contributed by atoms with Crippen molar-refractivity contribution in [1.29, 1.82) is 0 Å². The molecule has 0 heterocycles. The Bertz CT molecular complexity index is 563. The number of benzene rings is 1. The second-order valence-electron chi connectivity index (χ2n) is 7.32. The molecule has 25 heavy (non-hydrogen) atoms. The fourth-order valence-corrected chi connectivity index (χ4v) is 2.81. The SMILES string of the molecule is CC(C)(C)OC(=O)NN(C(=O)OCc1ccccc1)C1CCCCC1. The zero-order chi connectivity index (χ0) is 18.3. The van der Waals surface area contributed by atoms with Crippen molar-refractivity contribution in [2.45, 2.75) is 71.1 Å². The van der Waals surface area contributed by atoms with Crippen molar-refractivity contribution in [2.24, 2.45) is 0 Å². The molecule has 1 aromatic carbocycles. The van der Waals surface area contributed by atoms with Crippen LogP contribution in [0.15, 0.2) is 30.3 Å². The lowest BCUT2D eigenvalue weighted by molar-refractivity contribution is 0.0125. The average Bonchev–Trinajstić information content (AvgIpc) is 2.58. The molecular weight excluding hydrogens is 320 g/mol. The lowest BCUT2D eigenvalue weighted by Crippen LogP contribution is -2.53. The van der Waals surface area contributed by atoms with Crippen LogP contribution in [0.25, 0.3) is 0 Å². The maximum Gasteiger partial charge on any atom is 0.429 e. The van der Waals surface area contributed by atoms with E-state index in [1.54, 1.807) is 20.8 Å². The van der Waals surface area contributed by atoms with Crippen LogP contribution in [0.2, 0.25) is 0 Å². The molecule has 1 aliphatic rings. The highest BCUT2D eigenvalue weighted by Crippen LogP contribution is 2.22. The van der Waals surface area contributed by atoms with Gasteiger partial charge in [0, 0.05) is 0 Å². The summed E-state index contributed by atoms with van der Waals surface area (Å²) in [4.78, 5) is 24.7. The molecule has 0 spiro atoms. The minimum absolute atomic E-state index is 0.0652. The highest BCUT2D eigenvalue weighted by molar-refractivity contribution is 5.74. The summed E-state index contributed by atoms with van der Waals surface area (Å²) in [6, 6.07) is 9.40. The van der Waals surface area contributed by atoms with Crippen LogP contribution in [-0.2, 0) is 16.1 Å². The third-order valence-corrected chi connectivity index (χ3v) is 3.95. The summed E-state index contributed by atoms with van der Waals surface area (Å²) in [6.45, 7) is 5.51. The van der Waals surface area contributed by atoms with Crippen LogP contribution < -0.4 is 5.43 Å². The molecule has 0 bridgehead atoms. The van der Waals surface area contributed by atoms with Crippen molar-refractivity contribution >= 4 is 12.2 Å². The molecule has 0 radical (unpaired) electrons. The van der Waals surface area contributed by atoms with E-state index in [2.05, 4.69) is 5.43 Å². The summed E-state index contributed by atoms with van der Waals surface area (Å²) in [6.07, 6.45) is 3.70. The highest BCUT2D eigenvalue weighted by Gasteiger charge is 2.30. The van der Waals surface area contributed by atoms with E-state index in [0.29, 0.717) is 0 Å². The van der Waals surface area contributed by atoms with Crippen LogP contribution in [0.3, 0.4) is 0 Å². The molecule has 2 amide bonds. The predicted molar refractivity (Wildman–Crippen MR) is 94.7 cm³/mol. The maximum atomic E-state index is 12.6. The third-order valence-electron chi connectivity index (χ3n) is 3.95. The maximum absolute atomic E-state index is 12.6. The largest absolute Gasteiger partial charge is 0.443 e. The Balaban J connectivity index is 1.99. The second-order valence-corrected chi connectivity index (χ2v) is 7.32. The van der Waals surface area contributed by atoms with Gasteiger partial charge in [0.25, 0.3) is 0 Å². The van der Waals surface area contributed by atoms with Gasteiger partial charge in [-0.15, -0.1) is 0 Å². The molecular formula is C19H28N2O4. The number of hydrazine groups is 1. The predicted octanol–water partition coefficient (Wildman–Crippen LogP) is 4.40. The van der Waals surface area contributed by atoms with E-state index in [-0.39, 0.29) is 12.6 Å². The lowest BCUT2D eigenvalue weighted by atomic mass is 9.95. The van der Waals surface area contributed by atoms with E-state index in [1.165, 1.54) is 5.01 Å². The first kappa shape index (κ1) is 19.1. The van der Waals surface area contributed by atoms with Crippen LogP contribution in [0.4, 0.5) is 9.59 Å². The Morgan fingerprint density at radius 3 is 2.36 bits per heavy atom. The number of ether oxygens (including phenoxy) is 2. The molecule has 1 saturated carbocycles. The second kappa shape index (κ2) is 8.74. The fourth-order valence-electron chi connectivity index (χ4n) is 2.81. The topological polar surface area (TPSA) is 67.9 Å². The number of carbonyl (C=O) groups excluding carboxylic acids is 2. The summed E-state index contributed by atoms with van der Waals surface area (Å²) >= 11 is 0. The molecule has 0 aromatic heterocycles. The first-order chi connectivity index (χ1) is 11.8. The minimum atomic E-state index is -0.644. The van der Waals surface area contributed by atoms with Gasteiger partial charge in [-0.2, -0.15) is 0 Å². The third kappa shape index (κ3) is 6.64. The summed E-state index contributed by atoms with van der Waals surface area (Å²) < 4.78 is 10.7. The number of amides is 2. The summed E-state index contributed by atoms with van der Waals surface area (Å²) in [5, 5.41) is 1.30. The monoisotopic (exact) mass is 348 g/mol. The van der Waals surface area contributed by atoms with Gasteiger partial charge < -0.3 is 9.47 Å². The van der Waals surface area contributed by atoms with Crippen LogP contribution in [0.1, 0.15) is 58.4 Å². The number of nitrogens with one attached hydrogen (secondary N) is 1. The normalized spacial score (nSPS) is 15.3. The molecule has 0 unspecified atom stereocenters. The van der Waals surface area contributed by atoms with Crippen LogP contribution >= 0.6 is 0 Å². The van der Waals surface area contributed by atoms with E-state index in [9.17, 15) is 9.59 Å². The van der Waals surface area contributed by atoms with Gasteiger partial charge in [-0.3, -0.25) is 0 Å². The Morgan fingerprint density at radius 2 is 1.76 bits per heavy atom. The minimum Gasteiger partial charge on any atom is -0.443 e. The Labute approximate surface area is 149 Å². The molecule has 0 aliphatic heterocycles. The molecule has 1 aromatic rings.